The van der Waals surface area contributed by atoms with Crippen molar-refractivity contribution >= 4 is 11.6 Å². The van der Waals surface area contributed by atoms with E-state index in [0.29, 0.717) is 24.1 Å². The van der Waals surface area contributed by atoms with E-state index in [1.807, 2.05) is 0 Å². The second kappa shape index (κ2) is 3.29. The fourth-order valence-electron chi connectivity index (χ4n) is 1.67. The number of benzene rings is 1. The molecule has 1 aliphatic rings. The number of rotatable bonds is 1. The smallest absolute Gasteiger partial charge is 0.220 e. The molecule has 1 fully saturated rings. The lowest BCUT2D eigenvalue weighted by Gasteiger charge is -2.11. The monoisotopic (exact) mass is 194 g/mol. The molecule has 1 aromatic carbocycles. The van der Waals surface area contributed by atoms with Gasteiger partial charge in [-0.2, -0.15) is 0 Å². The average molecular weight is 194 g/mol. The van der Waals surface area contributed by atoms with E-state index in [1.165, 1.54) is 6.07 Å². The summed E-state index contributed by atoms with van der Waals surface area (Å²) in [4.78, 5) is 10.9. The Balaban J connectivity index is 2.28. The molecule has 1 aromatic rings. The van der Waals surface area contributed by atoms with Gasteiger partial charge in [0.1, 0.15) is 5.82 Å². The summed E-state index contributed by atoms with van der Waals surface area (Å²) in [7, 11) is 0. The summed E-state index contributed by atoms with van der Waals surface area (Å²) in [6, 6.07) is 4.35. The van der Waals surface area contributed by atoms with Gasteiger partial charge in [0.15, 0.2) is 0 Å². The molecule has 0 spiro atoms. The first kappa shape index (κ1) is 8.99. The van der Waals surface area contributed by atoms with Gasteiger partial charge in [0, 0.05) is 17.7 Å². The van der Waals surface area contributed by atoms with Gasteiger partial charge in [-0.25, -0.2) is 4.39 Å². The van der Waals surface area contributed by atoms with Crippen LogP contribution in [0.1, 0.15) is 24.4 Å². The van der Waals surface area contributed by atoms with Crippen molar-refractivity contribution in [2.45, 2.75) is 18.9 Å². The predicted octanol–water partition coefficient (Wildman–Crippen LogP) is 1.36. The Hall–Kier alpha value is -1.58. The molecular formula is C10H11FN2O. The molecule has 1 atom stereocenters. The number of nitrogens with two attached hydrogens (primary N) is 1. The van der Waals surface area contributed by atoms with Crippen molar-refractivity contribution in [1.29, 1.82) is 0 Å². The SMILES string of the molecule is Nc1ccc([C@@H]2CCC(=O)N2)c(F)c1. The zero-order valence-corrected chi connectivity index (χ0v) is 7.59. The maximum atomic E-state index is 13.4. The second-order valence-electron chi connectivity index (χ2n) is 3.44. The van der Waals surface area contributed by atoms with Crippen LogP contribution in [0.15, 0.2) is 18.2 Å². The molecule has 0 bridgehead atoms. The first-order chi connectivity index (χ1) is 6.66. The van der Waals surface area contributed by atoms with Crippen LogP contribution in [0.4, 0.5) is 10.1 Å². The van der Waals surface area contributed by atoms with Gasteiger partial charge >= 0.3 is 0 Å². The van der Waals surface area contributed by atoms with Gasteiger partial charge in [0.05, 0.1) is 6.04 Å². The maximum absolute atomic E-state index is 13.4. The van der Waals surface area contributed by atoms with E-state index in [0.717, 1.165) is 0 Å². The van der Waals surface area contributed by atoms with Gasteiger partial charge in [0.25, 0.3) is 0 Å². The highest BCUT2D eigenvalue weighted by Gasteiger charge is 2.24. The van der Waals surface area contributed by atoms with E-state index < -0.39 is 0 Å². The van der Waals surface area contributed by atoms with Crippen molar-refractivity contribution in [2.24, 2.45) is 0 Å². The van der Waals surface area contributed by atoms with Gasteiger partial charge in [-0.05, 0) is 18.6 Å². The molecule has 0 radical (unpaired) electrons. The molecule has 0 aromatic heterocycles. The second-order valence-corrected chi connectivity index (χ2v) is 3.44. The highest BCUT2D eigenvalue weighted by molar-refractivity contribution is 5.78. The molecular weight excluding hydrogens is 183 g/mol. The van der Waals surface area contributed by atoms with Crippen LogP contribution in [0, 0.1) is 5.82 Å². The van der Waals surface area contributed by atoms with Crippen molar-refractivity contribution in [2.75, 3.05) is 5.73 Å². The molecule has 14 heavy (non-hydrogen) atoms. The molecule has 1 aliphatic heterocycles. The van der Waals surface area contributed by atoms with Gasteiger partial charge in [-0.15, -0.1) is 0 Å². The summed E-state index contributed by atoms with van der Waals surface area (Å²) in [5, 5.41) is 2.71. The highest BCUT2D eigenvalue weighted by atomic mass is 19.1. The van der Waals surface area contributed by atoms with Crippen LogP contribution in [-0.2, 0) is 4.79 Å². The lowest BCUT2D eigenvalue weighted by Crippen LogP contribution is -2.19. The minimum atomic E-state index is -0.350. The summed E-state index contributed by atoms with van der Waals surface area (Å²) in [5.74, 6) is -0.372. The Morgan fingerprint density at radius 3 is 2.86 bits per heavy atom. The summed E-state index contributed by atoms with van der Waals surface area (Å²) >= 11 is 0. The number of nitrogen functional groups attached to an aromatic ring is 1. The molecule has 4 heteroatoms. The first-order valence-corrected chi connectivity index (χ1v) is 4.51. The minimum Gasteiger partial charge on any atom is -0.399 e. The molecule has 1 saturated heterocycles. The van der Waals surface area contributed by atoms with Crippen LogP contribution in [0.5, 0.6) is 0 Å². The number of halogens is 1. The van der Waals surface area contributed by atoms with Crippen LogP contribution in [0.2, 0.25) is 0 Å². The minimum absolute atomic E-state index is 0.0220. The van der Waals surface area contributed by atoms with Crippen molar-refractivity contribution in [3.05, 3.63) is 29.6 Å². The van der Waals surface area contributed by atoms with E-state index >= 15 is 0 Å². The van der Waals surface area contributed by atoms with E-state index in [1.54, 1.807) is 12.1 Å². The summed E-state index contributed by atoms with van der Waals surface area (Å²) in [5.41, 5.74) is 6.34. The molecule has 2 rings (SSSR count). The Bertz CT molecular complexity index is 378. The molecule has 0 aliphatic carbocycles. The van der Waals surface area contributed by atoms with E-state index in [2.05, 4.69) is 5.32 Å². The van der Waals surface area contributed by atoms with Crippen LogP contribution in [0.25, 0.3) is 0 Å². The quantitative estimate of drug-likeness (QED) is 0.663. The number of anilines is 1. The molecule has 1 amide bonds. The molecule has 1 heterocycles. The number of carbonyl (C=O) groups excluding carboxylic acids is 1. The summed E-state index contributed by atoms with van der Waals surface area (Å²) in [6.45, 7) is 0. The van der Waals surface area contributed by atoms with Crippen molar-refractivity contribution < 1.29 is 9.18 Å². The third kappa shape index (κ3) is 1.55. The van der Waals surface area contributed by atoms with Crippen molar-refractivity contribution in [3.63, 3.8) is 0 Å². The zero-order valence-electron chi connectivity index (χ0n) is 7.59. The number of amides is 1. The Labute approximate surface area is 81.1 Å². The average Bonchev–Trinajstić information content (AvgIpc) is 2.51. The summed E-state index contributed by atoms with van der Waals surface area (Å²) < 4.78 is 13.4. The van der Waals surface area contributed by atoms with Gasteiger partial charge in [0.2, 0.25) is 5.91 Å². The topological polar surface area (TPSA) is 55.1 Å². The lowest BCUT2D eigenvalue weighted by molar-refractivity contribution is -0.119. The number of hydrogen-bond acceptors (Lipinski definition) is 2. The lowest BCUT2D eigenvalue weighted by atomic mass is 10.0. The van der Waals surface area contributed by atoms with E-state index in [-0.39, 0.29) is 17.8 Å². The first-order valence-electron chi connectivity index (χ1n) is 4.51. The van der Waals surface area contributed by atoms with Gasteiger partial charge in [-0.3, -0.25) is 4.79 Å². The third-order valence-corrected chi connectivity index (χ3v) is 2.40. The fraction of sp³-hybridized carbons (Fsp3) is 0.300. The fourth-order valence-corrected chi connectivity index (χ4v) is 1.67. The largest absolute Gasteiger partial charge is 0.399 e. The third-order valence-electron chi connectivity index (χ3n) is 2.40. The Kier molecular flexibility index (Phi) is 2.11. The summed E-state index contributed by atoms with van der Waals surface area (Å²) in [6.07, 6.45) is 1.12. The van der Waals surface area contributed by atoms with Gasteiger partial charge < -0.3 is 11.1 Å². The molecule has 3 N–H and O–H groups in total. The molecule has 3 nitrogen and oxygen atoms in total. The highest BCUT2D eigenvalue weighted by Crippen LogP contribution is 2.26. The van der Waals surface area contributed by atoms with Crippen LogP contribution in [-0.4, -0.2) is 5.91 Å². The van der Waals surface area contributed by atoms with Crippen LogP contribution in [0.3, 0.4) is 0 Å². The Morgan fingerprint density at radius 2 is 2.29 bits per heavy atom. The normalized spacial score (nSPS) is 20.9. The molecule has 0 unspecified atom stereocenters. The van der Waals surface area contributed by atoms with E-state index in [9.17, 15) is 9.18 Å². The number of nitrogens with one attached hydrogen (secondary N) is 1. The van der Waals surface area contributed by atoms with Gasteiger partial charge in [-0.1, -0.05) is 6.07 Å². The molecule has 0 saturated carbocycles. The maximum Gasteiger partial charge on any atom is 0.220 e. The number of hydrogen-bond donors (Lipinski definition) is 2. The zero-order chi connectivity index (χ0) is 10.1. The standard InChI is InChI=1S/C10H11FN2O/c11-8-5-6(12)1-2-7(8)9-3-4-10(14)13-9/h1-2,5,9H,3-4,12H2,(H,13,14)/t9-/m0/s1. The van der Waals surface area contributed by atoms with Crippen LogP contribution < -0.4 is 11.1 Å². The van der Waals surface area contributed by atoms with Crippen molar-refractivity contribution in [3.8, 4) is 0 Å². The predicted molar refractivity (Wildman–Crippen MR) is 50.9 cm³/mol. The van der Waals surface area contributed by atoms with Crippen molar-refractivity contribution in [1.82, 2.24) is 5.32 Å². The molecule has 74 valence electrons. The van der Waals surface area contributed by atoms with E-state index in [4.69, 9.17) is 5.73 Å². The Morgan fingerprint density at radius 1 is 1.50 bits per heavy atom. The number of carbonyl (C=O) groups is 1. The van der Waals surface area contributed by atoms with Crippen LogP contribution >= 0.6 is 0 Å².